The van der Waals surface area contributed by atoms with Crippen molar-refractivity contribution in [1.29, 1.82) is 0 Å². The van der Waals surface area contributed by atoms with Crippen LogP contribution in [0.25, 0.3) is 0 Å². The summed E-state index contributed by atoms with van der Waals surface area (Å²) in [6.45, 7) is 5.62. The number of carbonyl (C=O) groups is 2. The zero-order chi connectivity index (χ0) is 18.6. The fraction of sp³-hybridized carbons (Fsp3) is 0.263. The van der Waals surface area contributed by atoms with E-state index in [0.717, 1.165) is 16.8 Å². The first-order chi connectivity index (χ1) is 11.8. The van der Waals surface area contributed by atoms with Crippen LogP contribution in [0, 0.1) is 6.92 Å². The van der Waals surface area contributed by atoms with Crippen LogP contribution in [-0.4, -0.2) is 18.5 Å². The SMILES string of the molecule is Cc1cccc(C(C)C)c1NC(=O)COC(=O)c1ccc(Cl)cc1N. The van der Waals surface area contributed by atoms with Gasteiger partial charge in [0.15, 0.2) is 6.61 Å². The summed E-state index contributed by atoms with van der Waals surface area (Å²) in [6.07, 6.45) is 0. The highest BCUT2D eigenvalue weighted by Gasteiger charge is 2.16. The van der Waals surface area contributed by atoms with Crippen LogP contribution < -0.4 is 11.1 Å². The maximum atomic E-state index is 12.2. The average molecular weight is 361 g/mol. The van der Waals surface area contributed by atoms with Crippen molar-refractivity contribution >= 4 is 34.9 Å². The molecule has 0 bridgehead atoms. The highest BCUT2D eigenvalue weighted by atomic mass is 35.5. The number of nitrogens with one attached hydrogen (secondary N) is 1. The maximum Gasteiger partial charge on any atom is 0.340 e. The molecule has 0 aliphatic heterocycles. The first-order valence-corrected chi connectivity index (χ1v) is 8.29. The summed E-state index contributed by atoms with van der Waals surface area (Å²) < 4.78 is 5.05. The summed E-state index contributed by atoms with van der Waals surface area (Å²) in [4.78, 5) is 24.2. The monoisotopic (exact) mass is 360 g/mol. The van der Waals surface area contributed by atoms with Gasteiger partial charge in [-0.2, -0.15) is 0 Å². The van der Waals surface area contributed by atoms with Crippen LogP contribution in [0.2, 0.25) is 5.02 Å². The summed E-state index contributed by atoms with van der Waals surface area (Å²) in [6, 6.07) is 10.3. The third-order valence-electron chi connectivity index (χ3n) is 3.76. The minimum atomic E-state index is -0.668. The van der Waals surface area contributed by atoms with Crippen molar-refractivity contribution in [3.8, 4) is 0 Å². The van der Waals surface area contributed by atoms with E-state index >= 15 is 0 Å². The highest BCUT2D eigenvalue weighted by molar-refractivity contribution is 6.31. The number of ether oxygens (including phenoxy) is 1. The van der Waals surface area contributed by atoms with E-state index in [2.05, 4.69) is 5.32 Å². The molecule has 2 aromatic rings. The van der Waals surface area contributed by atoms with Crippen molar-refractivity contribution in [1.82, 2.24) is 0 Å². The molecule has 0 spiro atoms. The predicted octanol–water partition coefficient (Wildman–Crippen LogP) is 4.15. The van der Waals surface area contributed by atoms with Crippen LogP contribution in [0.5, 0.6) is 0 Å². The Morgan fingerprint density at radius 2 is 1.96 bits per heavy atom. The second-order valence-electron chi connectivity index (χ2n) is 6.05. The molecule has 0 heterocycles. The molecule has 3 N–H and O–H groups in total. The number of nitrogen functional groups attached to an aromatic ring is 1. The van der Waals surface area contributed by atoms with Crippen molar-refractivity contribution in [3.63, 3.8) is 0 Å². The van der Waals surface area contributed by atoms with Crippen molar-refractivity contribution in [3.05, 3.63) is 58.1 Å². The Kier molecular flexibility index (Phi) is 6.04. The van der Waals surface area contributed by atoms with E-state index in [9.17, 15) is 9.59 Å². The standard InChI is InChI=1S/C19H21ClN2O3/c1-11(2)14-6-4-5-12(3)18(14)22-17(23)10-25-19(24)15-8-7-13(20)9-16(15)21/h4-9,11H,10,21H2,1-3H3,(H,22,23). The molecule has 0 radical (unpaired) electrons. The third-order valence-corrected chi connectivity index (χ3v) is 3.99. The second-order valence-corrected chi connectivity index (χ2v) is 6.49. The molecule has 0 aliphatic carbocycles. The van der Waals surface area contributed by atoms with Gasteiger partial charge in [0.05, 0.1) is 5.56 Å². The molecule has 0 fully saturated rings. The van der Waals surface area contributed by atoms with Crippen LogP contribution in [0.1, 0.15) is 41.3 Å². The topological polar surface area (TPSA) is 81.4 Å². The van der Waals surface area contributed by atoms with Crippen LogP contribution >= 0.6 is 11.6 Å². The number of rotatable bonds is 5. The van der Waals surface area contributed by atoms with Gasteiger partial charge < -0.3 is 15.8 Å². The first kappa shape index (κ1) is 18.8. The van der Waals surface area contributed by atoms with Gasteiger partial charge in [-0.1, -0.05) is 43.6 Å². The van der Waals surface area contributed by atoms with Gasteiger partial charge in [0.2, 0.25) is 0 Å². The van der Waals surface area contributed by atoms with Crippen LogP contribution in [0.3, 0.4) is 0 Å². The zero-order valence-electron chi connectivity index (χ0n) is 14.4. The summed E-state index contributed by atoms with van der Waals surface area (Å²) >= 11 is 5.80. The number of hydrogen-bond acceptors (Lipinski definition) is 4. The molecule has 5 nitrogen and oxygen atoms in total. The van der Waals surface area contributed by atoms with E-state index in [1.165, 1.54) is 18.2 Å². The zero-order valence-corrected chi connectivity index (χ0v) is 15.2. The Morgan fingerprint density at radius 1 is 1.24 bits per heavy atom. The lowest BCUT2D eigenvalue weighted by Gasteiger charge is -2.16. The molecule has 0 unspecified atom stereocenters. The number of amides is 1. The molecule has 1 amide bonds. The molecule has 0 aromatic heterocycles. The molecular formula is C19H21ClN2O3. The molecular weight excluding hydrogens is 340 g/mol. The molecule has 0 saturated carbocycles. The van der Waals surface area contributed by atoms with Crippen LogP contribution in [0.15, 0.2) is 36.4 Å². The number of benzene rings is 2. The van der Waals surface area contributed by atoms with Gasteiger partial charge in [-0.05, 0) is 42.2 Å². The van der Waals surface area contributed by atoms with Gasteiger partial charge in [0, 0.05) is 16.4 Å². The van der Waals surface area contributed by atoms with Gasteiger partial charge >= 0.3 is 5.97 Å². The van der Waals surface area contributed by atoms with Crippen molar-refractivity contribution in [2.24, 2.45) is 0 Å². The molecule has 25 heavy (non-hydrogen) atoms. The third kappa shape index (κ3) is 4.73. The van der Waals surface area contributed by atoms with Gasteiger partial charge in [-0.15, -0.1) is 0 Å². The minimum Gasteiger partial charge on any atom is -0.452 e. The van der Waals surface area contributed by atoms with E-state index in [1.807, 2.05) is 39.0 Å². The molecule has 0 saturated heterocycles. The Bertz CT molecular complexity index is 803. The van der Waals surface area contributed by atoms with Crippen molar-refractivity contribution < 1.29 is 14.3 Å². The summed E-state index contributed by atoms with van der Waals surface area (Å²) in [5.74, 6) is -0.818. The Hall–Kier alpha value is -2.53. The number of halogens is 1. The lowest BCUT2D eigenvalue weighted by Crippen LogP contribution is -2.22. The summed E-state index contributed by atoms with van der Waals surface area (Å²) in [5.41, 5.74) is 8.86. The lowest BCUT2D eigenvalue weighted by atomic mass is 9.98. The molecule has 132 valence electrons. The van der Waals surface area contributed by atoms with Crippen molar-refractivity contribution in [2.45, 2.75) is 26.7 Å². The van der Waals surface area contributed by atoms with E-state index in [0.29, 0.717) is 5.02 Å². The number of anilines is 2. The normalized spacial score (nSPS) is 10.6. The lowest BCUT2D eigenvalue weighted by molar-refractivity contribution is -0.119. The maximum absolute atomic E-state index is 12.2. The number of carbonyl (C=O) groups excluding carboxylic acids is 2. The van der Waals surface area contributed by atoms with E-state index in [1.54, 1.807) is 0 Å². The molecule has 2 rings (SSSR count). The Balaban J connectivity index is 2.03. The predicted molar refractivity (Wildman–Crippen MR) is 100 cm³/mol. The molecule has 0 aliphatic rings. The quantitative estimate of drug-likeness (QED) is 0.620. The molecule has 0 atom stereocenters. The van der Waals surface area contributed by atoms with Crippen LogP contribution in [0.4, 0.5) is 11.4 Å². The summed E-state index contributed by atoms with van der Waals surface area (Å²) in [7, 11) is 0. The van der Waals surface area contributed by atoms with Crippen molar-refractivity contribution in [2.75, 3.05) is 17.7 Å². The van der Waals surface area contributed by atoms with Gasteiger partial charge in [-0.3, -0.25) is 4.79 Å². The Morgan fingerprint density at radius 3 is 2.60 bits per heavy atom. The van der Waals surface area contributed by atoms with Gasteiger partial charge in [-0.25, -0.2) is 4.79 Å². The first-order valence-electron chi connectivity index (χ1n) is 7.91. The summed E-state index contributed by atoms with van der Waals surface area (Å²) in [5, 5.41) is 3.25. The fourth-order valence-corrected chi connectivity index (χ4v) is 2.63. The Labute approximate surface area is 152 Å². The molecule has 6 heteroatoms. The fourth-order valence-electron chi connectivity index (χ4n) is 2.45. The average Bonchev–Trinajstić information content (AvgIpc) is 2.54. The second kappa shape index (κ2) is 8.03. The van der Waals surface area contributed by atoms with Crippen LogP contribution in [-0.2, 0) is 9.53 Å². The number of hydrogen-bond donors (Lipinski definition) is 2. The smallest absolute Gasteiger partial charge is 0.340 e. The number of nitrogens with two attached hydrogens (primary N) is 1. The van der Waals surface area contributed by atoms with Gasteiger partial charge in [0.25, 0.3) is 5.91 Å². The van der Waals surface area contributed by atoms with E-state index in [-0.39, 0.29) is 17.2 Å². The van der Waals surface area contributed by atoms with E-state index in [4.69, 9.17) is 22.1 Å². The van der Waals surface area contributed by atoms with Gasteiger partial charge in [0.1, 0.15) is 0 Å². The number of para-hydroxylation sites is 1. The highest BCUT2D eigenvalue weighted by Crippen LogP contribution is 2.27. The number of esters is 1. The largest absolute Gasteiger partial charge is 0.452 e. The van der Waals surface area contributed by atoms with E-state index < -0.39 is 18.5 Å². The minimum absolute atomic E-state index is 0.177. The number of aryl methyl sites for hydroxylation is 1. The molecule has 2 aromatic carbocycles.